The van der Waals surface area contributed by atoms with Gasteiger partial charge in [0.15, 0.2) is 0 Å². The number of hydrogen-bond donors (Lipinski definition) is 2. The lowest BCUT2D eigenvalue weighted by molar-refractivity contribution is -0.121. The number of nitrogens with one attached hydrogen (secondary N) is 2. The van der Waals surface area contributed by atoms with Crippen molar-refractivity contribution in [1.82, 2.24) is 10.3 Å². The molecule has 0 spiro atoms. The number of benzene rings is 2. The van der Waals surface area contributed by atoms with Gasteiger partial charge in [0.1, 0.15) is 5.82 Å². The first-order valence-electron chi connectivity index (χ1n) is 8.15. The monoisotopic (exact) mass is 338 g/mol. The Morgan fingerprint density at radius 3 is 2.76 bits per heavy atom. The maximum Gasteiger partial charge on any atom is 0.251 e. The number of carbonyl (C=O) groups is 1. The topological polar surface area (TPSA) is 62.0 Å². The van der Waals surface area contributed by atoms with Gasteiger partial charge in [-0.1, -0.05) is 24.3 Å². The minimum absolute atomic E-state index is 0.0957. The molecular weight excluding hydrogens is 319 g/mol. The Bertz CT molecular complexity index is 979. The molecule has 1 heterocycles. The third-order valence-electron chi connectivity index (χ3n) is 4.16. The van der Waals surface area contributed by atoms with E-state index in [0.717, 1.165) is 16.5 Å². The van der Waals surface area contributed by atoms with E-state index in [-0.39, 0.29) is 23.7 Å². The summed E-state index contributed by atoms with van der Waals surface area (Å²) in [5.41, 5.74) is 2.81. The quantitative estimate of drug-likeness (QED) is 0.750. The molecule has 0 saturated heterocycles. The fourth-order valence-corrected chi connectivity index (χ4v) is 2.71. The Kier molecular flexibility index (Phi) is 4.93. The minimum Gasteiger partial charge on any atom is -0.352 e. The Labute approximate surface area is 144 Å². The van der Waals surface area contributed by atoms with Gasteiger partial charge in [-0.25, -0.2) is 4.39 Å². The minimum atomic E-state index is -0.283. The van der Waals surface area contributed by atoms with Gasteiger partial charge < -0.3 is 10.3 Å². The number of carbonyl (C=O) groups excluding carboxylic acids is 1. The molecule has 4 nitrogen and oxygen atoms in total. The normalized spacial score (nSPS) is 10.8. The molecule has 2 aromatic carbocycles. The van der Waals surface area contributed by atoms with Crippen molar-refractivity contribution in [2.45, 2.75) is 26.3 Å². The fourth-order valence-electron chi connectivity index (χ4n) is 2.71. The van der Waals surface area contributed by atoms with Crippen LogP contribution in [0.1, 0.15) is 23.1 Å². The average Bonchev–Trinajstić information content (AvgIpc) is 2.60. The maximum absolute atomic E-state index is 13.5. The van der Waals surface area contributed by atoms with Crippen LogP contribution in [0.25, 0.3) is 10.9 Å². The van der Waals surface area contributed by atoms with E-state index in [0.29, 0.717) is 24.1 Å². The Balaban J connectivity index is 1.60. The van der Waals surface area contributed by atoms with Crippen LogP contribution in [0, 0.1) is 12.7 Å². The molecule has 0 aliphatic carbocycles. The van der Waals surface area contributed by atoms with Gasteiger partial charge >= 0.3 is 0 Å². The number of fused-ring (bicyclic) bond motifs is 1. The lowest BCUT2D eigenvalue weighted by Gasteiger charge is -2.07. The van der Waals surface area contributed by atoms with Crippen LogP contribution in [0.3, 0.4) is 0 Å². The molecule has 1 amide bonds. The van der Waals surface area contributed by atoms with Crippen LogP contribution in [-0.4, -0.2) is 10.9 Å². The van der Waals surface area contributed by atoms with E-state index < -0.39 is 0 Å². The Hall–Kier alpha value is -2.95. The van der Waals surface area contributed by atoms with Gasteiger partial charge in [-0.05, 0) is 54.1 Å². The number of H-pyrrole nitrogens is 1. The smallest absolute Gasteiger partial charge is 0.251 e. The largest absolute Gasteiger partial charge is 0.352 e. The molecule has 1 aromatic heterocycles. The summed E-state index contributed by atoms with van der Waals surface area (Å²) in [5.74, 6) is -0.407. The summed E-state index contributed by atoms with van der Waals surface area (Å²) in [6, 6.07) is 13.9. The van der Waals surface area contributed by atoms with Gasteiger partial charge in [-0.2, -0.15) is 0 Å². The van der Waals surface area contributed by atoms with E-state index in [1.807, 2.05) is 24.3 Å². The first-order chi connectivity index (χ1) is 12.0. The van der Waals surface area contributed by atoms with Crippen LogP contribution in [-0.2, 0) is 17.8 Å². The number of halogens is 1. The van der Waals surface area contributed by atoms with Crippen molar-refractivity contribution in [3.63, 3.8) is 0 Å². The highest BCUT2D eigenvalue weighted by Crippen LogP contribution is 2.14. The first-order valence-corrected chi connectivity index (χ1v) is 8.15. The first kappa shape index (κ1) is 16.9. The third-order valence-corrected chi connectivity index (χ3v) is 4.16. The SMILES string of the molecule is Cc1cc2cc(CNC(=O)CCc3ccccc3F)ccc2[nH]c1=O. The highest BCUT2D eigenvalue weighted by molar-refractivity contribution is 5.80. The second kappa shape index (κ2) is 7.30. The molecule has 5 heteroatoms. The molecule has 3 rings (SSSR count). The molecule has 0 aliphatic heterocycles. The number of rotatable bonds is 5. The fraction of sp³-hybridized carbons (Fsp3) is 0.200. The zero-order valence-electron chi connectivity index (χ0n) is 13.9. The summed E-state index contributed by atoms with van der Waals surface area (Å²) in [5, 5.41) is 3.77. The van der Waals surface area contributed by atoms with Crippen molar-refractivity contribution in [3.05, 3.63) is 81.4 Å². The molecule has 0 atom stereocenters. The van der Waals surface area contributed by atoms with E-state index in [1.165, 1.54) is 6.07 Å². The molecule has 2 N–H and O–H groups in total. The van der Waals surface area contributed by atoms with Gasteiger partial charge in [0.05, 0.1) is 0 Å². The Morgan fingerprint density at radius 1 is 1.16 bits per heavy atom. The number of aromatic amines is 1. The van der Waals surface area contributed by atoms with Crippen molar-refractivity contribution in [2.75, 3.05) is 0 Å². The molecule has 25 heavy (non-hydrogen) atoms. The van der Waals surface area contributed by atoms with Gasteiger partial charge in [-0.3, -0.25) is 9.59 Å². The lowest BCUT2D eigenvalue weighted by Crippen LogP contribution is -2.23. The van der Waals surface area contributed by atoms with Crippen molar-refractivity contribution >= 4 is 16.8 Å². The maximum atomic E-state index is 13.5. The number of amides is 1. The number of hydrogen-bond acceptors (Lipinski definition) is 2. The Morgan fingerprint density at radius 2 is 1.96 bits per heavy atom. The highest BCUT2D eigenvalue weighted by Gasteiger charge is 2.06. The highest BCUT2D eigenvalue weighted by atomic mass is 19.1. The summed E-state index contributed by atoms with van der Waals surface area (Å²) in [7, 11) is 0. The van der Waals surface area contributed by atoms with E-state index in [2.05, 4.69) is 10.3 Å². The summed E-state index contributed by atoms with van der Waals surface area (Å²) in [4.78, 5) is 26.4. The van der Waals surface area contributed by atoms with Crippen molar-refractivity contribution in [1.29, 1.82) is 0 Å². The molecule has 128 valence electrons. The molecular formula is C20H19FN2O2. The predicted molar refractivity (Wildman–Crippen MR) is 95.9 cm³/mol. The predicted octanol–water partition coefficient (Wildman–Crippen LogP) is 3.22. The summed E-state index contributed by atoms with van der Waals surface area (Å²) >= 11 is 0. The second-order valence-electron chi connectivity index (χ2n) is 6.07. The van der Waals surface area contributed by atoms with E-state index in [4.69, 9.17) is 0 Å². The standard InChI is InChI=1S/C20H19FN2O2/c1-13-10-16-11-14(6-8-18(16)23-20(13)25)12-22-19(24)9-7-15-4-2-3-5-17(15)21/h2-6,8,10-11H,7,9,12H2,1H3,(H,22,24)(H,23,25). The second-order valence-corrected chi connectivity index (χ2v) is 6.07. The number of aromatic nitrogens is 1. The molecule has 0 bridgehead atoms. The van der Waals surface area contributed by atoms with Gasteiger partial charge in [0.2, 0.25) is 5.91 Å². The zero-order valence-corrected chi connectivity index (χ0v) is 13.9. The van der Waals surface area contributed by atoms with Gasteiger partial charge in [0, 0.05) is 24.0 Å². The molecule has 0 unspecified atom stereocenters. The third kappa shape index (κ3) is 4.12. The van der Waals surface area contributed by atoms with E-state index in [9.17, 15) is 14.0 Å². The van der Waals surface area contributed by atoms with Crippen LogP contribution in [0.2, 0.25) is 0 Å². The van der Waals surface area contributed by atoms with Crippen molar-refractivity contribution in [2.24, 2.45) is 0 Å². The molecule has 3 aromatic rings. The lowest BCUT2D eigenvalue weighted by atomic mass is 10.1. The van der Waals surface area contributed by atoms with E-state index in [1.54, 1.807) is 25.1 Å². The van der Waals surface area contributed by atoms with Crippen LogP contribution in [0.5, 0.6) is 0 Å². The van der Waals surface area contributed by atoms with Crippen molar-refractivity contribution < 1.29 is 9.18 Å². The van der Waals surface area contributed by atoms with Gasteiger partial charge in [0.25, 0.3) is 5.56 Å². The number of aryl methyl sites for hydroxylation is 2. The molecule has 0 fully saturated rings. The molecule has 0 saturated carbocycles. The zero-order chi connectivity index (χ0) is 17.8. The molecule has 0 aliphatic rings. The average molecular weight is 338 g/mol. The van der Waals surface area contributed by atoms with Crippen molar-refractivity contribution in [3.8, 4) is 0 Å². The van der Waals surface area contributed by atoms with Crippen LogP contribution in [0.4, 0.5) is 4.39 Å². The number of pyridine rings is 1. The van der Waals surface area contributed by atoms with Crippen LogP contribution >= 0.6 is 0 Å². The van der Waals surface area contributed by atoms with Crippen LogP contribution < -0.4 is 10.9 Å². The van der Waals surface area contributed by atoms with Gasteiger partial charge in [-0.15, -0.1) is 0 Å². The summed E-state index contributed by atoms with van der Waals surface area (Å²) < 4.78 is 13.5. The summed E-state index contributed by atoms with van der Waals surface area (Å²) in [6.07, 6.45) is 0.609. The molecule has 0 radical (unpaired) electrons. The van der Waals surface area contributed by atoms with Crippen LogP contribution in [0.15, 0.2) is 53.3 Å². The summed E-state index contributed by atoms with van der Waals surface area (Å²) in [6.45, 7) is 2.15. The van der Waals surface area contributed by atoms with E-state index >= 15 is 0 Å².